The van der Waals surface area contributed by atoms with Crippen LogP contribution in [0.1, 0.15) is 31.4 Å². The second kappa shape index (κ2) is 6.08. The highest BCUT2D eigenvalue weighted by Gasteiger charge is 2.26. The maximum absolute atomic E-state index is 9.35. The van der Waals surface area contributed by atoms with Gasteiger partial charge in [0, 0.05) is 19.6 Å². The Morgan fingerprint density at radius 1 is 1.47 bits per heavy atom. The lowest BCUT2D eigenvalue weighted by molar-refractivity contribution is 0.423. The fraction of sp³-hybridized carbons (Fsp3) is 0.562. The van der Waals surface area contributed by atoms with Crippen molar-refractivity contribution < 1.29 is 0 Å². The molecule has 0 aromatic heterocycles. The Balaban J connectivity index is 2.19. The van der Waals surface area contributed by atoms with Gasteiger partial charge in [0.05, 0.1) is 11.3 Å². The Morgan fingerprint density at radius 3 is 2.84 bits per heavy atom. The van der Waals surface area contributed by atoms with Crippen LogP contribution in [-0.2, 0) is 6.54 Å². The molecule has 1 aliphatic rings. The monoisotopic (exact) mass is 257 g/mol. The second-order valence-corrected chi connectivity index (χ2v) is 5.73. The fourth-order valence-corrected chi connectivity index (χ4v) is 2.81. The Bertz CT molecular complexity index is 473. The number of rotatable bonds is 4. The van der Waals surface area contributed by atoms with E-state index in [-0.39, 0.29) is 0 Å². The van der Waals surface area contributed by atoms with Crippen LogP contribution in [-0.4, -0.2) is 20.1 Å². The lowest BCUT2D eigenvalue weighted by Gasteiger charge is -2.21. The average molecular weight is 257 g/mol. The Kier molecular flexibility index (Phi) is 4.44. The first-order chi connectivity index (χ1) is 9.15. The zero-order valence-corrected chi connectivity index (χ0v) is 12.1. The van der Waals surface area contributed by atoms with Gasteiger partial charge < -0.3 is 10.2 Å². The summed E-state index contributed by atoms with van der Waals surface area (Å²) in [6.07, 6.45) is 1.24. The van der Waals surface area contributed by atoms with Gasteiger partial charge in [0.15, 0.2) is 0 Å². The number of benzene rings is 1. The third-order valence-corrected chi connectivity index (χ3v) is 4.07. The van der Waals surface area contributed by atoms with Crippen LogP contribution in [0, 0.1) is 23.2 Å². The van der Waals surface area contributed by atoms with E-state index in [9.17, 15) is 5.26 Å². The third kappa shape index (κ3) is 3.08. The van der Waals surface area contributed by atoms with Crippen molar-refractivity contribution in [3.05, 3.63) is 29.3 Å². The standard InChI is InChI=1S/C16H23N3/c1-12(2)14-6-7-19(11-14)16-5-4-13(10-18-3)8-15(16)9-17/h4-5,8,12,14,18H,6-7,10-11H2,1-3H3. The molecule has 0 spiro atoms. The smallest absolute Gasteiger partial charge is 0.101 e. The average Bonchev–Trinajstić information content (AvgIpc) is 2.88. The molecule has 102 valence electrons. The minimum absolute atomic E-state index is 0.721. The molecule has 1 saturated heterocycles. The van der Waals surface area contributed by atoms with E-state index in [4.69, 9.17) is 0 Å². The van der Waals surface area contributed by atoms with Crippen molar-refractivity contribution in [1.82, 2.24) is 5.32 Å². The molecule has 1 atom stereocenters. The van der Waals surface area contributed by atoms with Gasteiger partial charge in [-0.05, 0) is 43.0 Å². The predicted octanol–water partition coefficient (Wildman–Crippen LogP) is 2.76. The Labute approximate surface area is 116 Å². The van der Waals surface area contributed by atoms with E-state index in [2.05, 4.69) is 42.3 Å². The molecule has 3 heteroatoms. The van der Waals surface area contributed by atoms with E-state index in [0.717, 1.165) is 42.7 Å². The summed E-state index contributed by atoms with van der Waals surface area (Å²) in [5.74, 6) is 1.47. The SMILES string of the molecule is CNCc1ccc(N2CCC(C(C)C)C2)c(C#N)c1. The molecule has 1 aromatic carbocycles. The van der Waals surface area contributed by atoms with Crippen LogP contribution in [0.15, 0.2) is 18.2 Å². The maximum Gasteiger partial charge on any atom is 0.101 e. The fourth-order valence-electron chi connectivity index (χ4n) is 2.81. The topological polar surface area (TPSA) is 39.1 Å². The van der Waals surface area contributed by atoms with Gasteiger partial charge in [0.25, 0.3) is 0 Å². The van der Waals surface area contributed by atoms with Crippen LogP contribution >= 0.6 is 0 Å². The molecule has 0 saturated carbocycles. The van der Waals surface area contributed by atoms with Crippen LogP contribution in [0.5, 0.6) is 0 Å². The molecule has 3 nitrogen and oxygen atoms in total. The van der Waals surface area contributed by atoms with Crippen LogP contribution in [0.25, 0.3) is 0 Å². The molecule has 0 amide bonds. The van der Waals surface area contributed by atoms with Crippen molar-refractivity contribution in [3.63, 3.8) is 0 Å². The van der Waals surface area contributed by atoms with E-state index >= 15 is 0 Å². The second-order valence-electron chi connectivity index (χ2n) is 5.73. The molecular weight excluding hydrogens is 234 g/mol. The minimum Gasteiger partial charge on any atom is -0.370 e. The number of nitrogens with one attached hydrogen (secondary N) is 1. The number of nitrogens with zero attached hydrogens (tertiary/aromatic N) is 2. The molecule has 1 unspecified atom stereocenters. The van der Waals surface area contributed by atoms with E-state index in [1.54, 1.807) is 0 Å². The minimum atomic E-state index is 0.721. The van der Waals surface area contributed by atoms with Crippen molar-refractivity contribution in [3.8, 4) is 6.07 Å². The first-order valence-electron chi connectivity index (χ1n) is 7.08. The summed E-state index contributed by atoms with van der Waals surface area (Å²) in [6.45, 7) is 7.54. The lowest BCUT2D eigenvalue weighted by Crippen LogP contribution is -2.22. The highest BCUT2D eigenvalue weighted by Crippen LogP contribution is 2.30. The van der Waals surface area contributed by atoms with Gasteiger partial charge in [-0.25, -0.2) is 0 Å². The van der Waals surface area contributed by atoms with Crippen molar-refractivity contribution >= 4 is 5.69 Å². The number of anilines is 1. The zero-order valence-electron chi connectivity index (χ0n) is 12.1. The van der Waals surface area contributed by atoms with Gasteiger partial charge in [0.1, 0.15) is 6.07 Å². The summed E-state index contributed by atoms with van der Waals surface area (Å²) in [7, 11) is 1.92. The van der Waals surface area contributed by atoms with E-state index in [1.165, 1.54) is 12.0 Å². The first kappa shape index (κ1) is 13.9. The molecule has 0 radical (unpaired) electrons. The Morgan fingerprint density at radius 2 is 2.26 bits per heavy atom. The van der Waals surface area contributed by atoms with Crippen molar-refractivity contribution in [2.75, 3.05) is 25.0 Å². The van der Waals surface area contributed by atoms with Gasteiger partial charge in [-0.2, -0.15) is 5.26 Å². The third-order valence-electron chi connectivity index (χ3n) is 4.07. The Hall–Kier alpha value is -1.53. The molecule has 1 heterocycles. The maximum atomic E-state index is 9.35. The summed E-state index contributed by atoms with van der Waals surface area (Å²) in [5.41, 5.74) is 3.07. The van der Waals surface area contributed by atoms with Gasteiger partial charge in [-0.3, -0.25) is 0 Å². The van der Waals surface area contributed by atoms with Crippen molar-refractivity contribution in [2.24, 2.45) is 11.8 Å². The molecule has 2 rings (SSSR count). The summed E-state index contributed by atoms with van der Waals surface area (Å²) in [5, 5.41) is 12.5. The summed E-state index contributed by atoms with van der Waals surface area (Å²) in [6, 6.07) is 8.58. The number of hydrogen-bond donors (Lipinski definition) is 1. The van der Waals surface area contributed by atoms with Crippen molar-refractivity contribution in [1.29, 1.82) is 5.26 Å². The summed E-state index contributed by atoms with van der Waals surface area (Å²) < 4.78 is 0. The van der Waals surface area contributed by atoms with E-state index in [0.29, 0.717) is 0 Å². The van der Waals surface area contributed by atoms with Gasteiger partial charge in [-0.15, -0.1) is 0 Å². The van der Waals surface area contributed by atoms with Gasteiger partial charge in [-0.1, -0.05) is 19.9 Å². The molecular formula is C16H23N3. The highest BCUT2D eigenvalue weighted by molar-refractivity contribution is 5.61. The van der Waals surface area contributed by atoms with Crippen LogP contribution in [0.4, 0.5) is 5.69 Å². The highest BCUT2D eigenvalue weighted by atomic mass is 15.2. The van der Waals surface area contributed by atoms with E-state index in [1.807, 2.05) is 13.1 Å². The van der Waals surface area contributed by atoms with Gasteiger partial charge >= 0.3 is 0 Å². The summed E-state index contributed by atoms with van der Waals surface area (Å²) in [4.78, 5) is 2.37. The molecule has 0 bridgehead atoms. The predicted molar refractivity (Wildman–Crippen MR) is 79.1 cm³/mol. The summed E-state index contributed by atoms with van der Waals surface area (Å²) >= 11 is 0. The quantitative estimate of drug-likeness (QED) is 0.901. The van der Waals surface area contributed by atoms with Crippen LogP contribution in [0.2, 0.25) is 0 Å². The number of hydrogen-bond acceptors (Lipinski definition) is 3. The van der Waals surface area contributed by atoms with Gasteiger partial charge in [0.2, 0.25) is 0 Å². The molecule has 1 fully saturated rings. The van der Waals surface area contributed by atoms with Crippen LogP contribution in [0.3, 0.4) is 0 Å². The lowest BCUT2D eigenvalue weighted by atomic mass is 9.95. The molecule has 1 N–H and O–H groups in total. The first-order valence-corrected chi connectivity index (χ1v) is 7.08. The van der Waals surface area contributed by atoms with E-state index < -0.39 is 0 Å². The van der Waals surface area contributed by atoms with Crippen molar-refractivity contribution in [2.45, 2.75) is 26.8 Å². The largest absolute Gasteiger partial charge is 0.370 e. The van der Waals surface area contributed by atoms with Crippen LogP contribution < -0.4 is 10.2 Å². The number of nitriles is 1. The molecule has 19 heavy (non-hydrogen) atoms. The molecule has 1 aromatic rings. The molecule has 1 aliphatic heterocycles. The normalized spacial score (nSPS) is 18.9. The zero-order chi connectivity index (χ0) is 13.8. The molecule has 0 aliphatic carbocycles.